The van der Waals surface area contributed by atoms with Crippen LogP contribution in [0.3, 0.4) is 0 Å². The van der Waals surface area contributed by atoms with Gasteiger partial charge in [-0.15, -0.1) is 13.2 Å². The van der Waals surface area contributed by atoms with Gasteiger partial charge in [-0.1, -0.05) is 30.0 Å². The Labute approximate surface area is 193 Å². The maximum atomic E-state index is 12.4. The third-order valence-corrected chi connectivity index (χ3v) is 4.01. The predicted octanol–water partition coefficient (Wildman–Crippen LogP) is -0.748. The standard InChI is InChI=1S/C16H12F3NO4S.K/c17-16(18,19)24-13-6-2-1-4-10(13)8-11(21)9-25-14-12(15(22)23)5-3-7-20-14;/h1-7H,8-9H2,(H,22,23);/q;+1/p-1. The number of Topliss-reactive ketones (excluding diaryl/α,β-unsaturated/α-hetero) is 1. The number of benzene rings is 1. The molecule has 2 rings (SSSR count). The number of pyridine rings is 1. The van der Waals surface area contributed by atoms with Crippen LogP contribution in [0.15, 0.2) is 47.6 Å². The number of hydrogen-bond acceptors (Lipinski definition) is 6. The molecule has 0 amide bonds. The van der Waals surface area contributed by atoms with Crippen molar-refractivity contribution in [2.24, 2.45) is 0 Å². The summed E-state index contributed by atoms with van der Waals surface area (Å²) in [5.41, 5.74) is -0.0623. The first-order valence-corrected chi connectivity index (χ1v) is 7.89. The van der Waals surface area contributed by atoms with Crippen LogP contribution in [0.5, 0.6) is 5.75 Å². The number of ether oxygens (including phenoxy) is 1. The molecule has 10 heteroatoms. The van der Waals surface area contributed by atoms with E-state index in [4.69, 9.17) is 0 Å². The topological polar surface area (TPSA) is 79.3 Å². The molecule has 132 valence electrons. The predicted molar refractivity (Wildman–Crippen MR) is 81.1 cm³/mol. The maximum absolute atomic E-state index is 12.4. The zero-order chi connectivity index (χ0) is 18.4. The Bertz CT molecular complexity index is 786. The van der Waals surface area contributed by atoms with Gasteiger partial charge in [-0.2, -0.15) is 0 Å². The van der Waals surface area contributed by atoms with E-state index in [1.165, 1.54) is 36.5 Å². The first-order valence-electron chi connectivity index (χ1n) is 6.91. The van der Waals surface area contributed by atoms with E-state index in [-0.39, 0.29) is 79.7 Å². The molecule has 0 spiro atoms. The first kappa shape index (κ1) is 23.1. The molecular weight excluding hydrogens is 398 g/mol. The van der Waals surface area contributed by atoms with Gasteiger partial charge in [0.1, 0.15) is 16.6 Å². The van der Waals surface area contributed by atoms with Gasteiger partial charge in [-0.25, -0.2) is 4.98 Å². The minimum atomic E-state index is -4.86. The van der Waals surface area contributed by atoms with Crippen LogP contribution in [0.2, 0.25) is 0 Å². The number of thioether (sulfide) groups is 1. The Hall–Kier alpha value is -0.914. The molecule has 0 N–H and O–H groups in total. The molecule has 0 unspecified atom stereocenters. The second kappa shape index (κ2) is 10.4. The van der Waals surface area contributed by atoms with E-state index < -0.39 is 23.9 Å². The van der Waals surface area contributed by atoms with Gasteiger partial charge in [-0.3, -0.25) is 4.79 Å². The van der Waals surface area contributed by atoms with Crippen molar-refractivity contribution in [3.05, 3.63) is 53.7 Å². The van der Waals surface area contributed by atoms with Crippen molar-refractivity contribution in [2.75, 3.05) is 5.75 Å². The number of aromatic nitrogens is 1. The number of ketones is 1. The van der Waals surface area contributed by atoms with E-state index in [0.29, 0.717) is 0 Å². The molecule has 0 fully saturated rings. The summed E-state index contributed by atoms with van der Waals surface area (Å²) in [6.07, 6.45) is -3.77. The van der Waals surface area contributed by atoms with Crippen LogP contribution >= 0.6 is 11.8 Å². The summed E-state index contributed by atoms with van der Waals surface area (Å²) >= 11 is 0.877. The third kappa shape index (κ3) is 7.37. The van der Waals surface area contributed by atoms with Crippen molar-refractivity contribution in [1.82, 2.24) is 4.98 Å². The normalized spacial score (nSPS) is 10.7. The molecule has 26 heavy (non-hydrogen) atoms. The second-order valence-corrected chi connectivity index (χ2v) is 5.77. The molecule has 0 bridgehead atoms. The van der Waals surface area contributed by atoms with E-state index in [1.807, 2.05) is 0 Å². The molecular formula is C16H11F3KNO4S. The quantitative estimate of drug-likeness (QED) is 0.443. The van der Waals surface area contributed by atoms with Gasteiger partial charge < -0.3 is 14.6 Å². The molecule has 0 saturated heterocycles. The number of halogens is 3. The average Bonchev–Trinajstić information content (AvgIpc) is 2.53. The van der Waals surface area contributed by atoms with Gasteiger partial charge in [0.25, 0.3) is 0 Å². The van der Waals surface area contributed by atoms with E-state index in [0.717, 1.165) is 17.8 Å². The molecule has 0 aliphatic carbocycles. The zero-order valence-electron chi connectivity index (χ0n) is 13.6. The Morgan fingerprint density at radius 3 is 2.50 bits per heavy atom. The molecule has 1 heterocycles. The van der Waals surface area contributed by atoms with Gasteiger partial charge in [0.05, 0.1) is 11.7 Å². The monoisotopic (exact) mass is 409 g/mol. The Balaban J connectivity index is 0.00000338. The summed E-state index contributed by atoms with van der Waals surface area (Å²) < 4.78 is 41.0. The molecule has 0 saturated carbocycles. The zero-order valence-corrected chi connectivity index (χ0v) is 17.5. The number of aromatic carboxylic acids is 1. The number of carboxylic acids is 1. The third-order valence-electron chi connectivity index (χ3n) is 2.95. The molecule has 0 atom stereocenters. The van der Waals surface area contributed by atoms with Crippen LogP contribution < -0.4 is 61.2 Å². The fourth-order valence-corrected chi connectivity index (χ4v) is 2.79. The number of carboxylic acid groups (broad SMARTS) is 1. The van der Waals surface area contributed by atoms with Crippen molar-refractivity contribution in [3.8, 4) is 5.75 Å². The van der Waals surface area contributed by atoms with Crippen LogP contribution in [0.1, 0.15) is 15.9 Å². The number of nitrogens with zero attached hydrogens (tertiary/aromatic N) is 1. The molecule has 1 aromatic carbocycles. The van der Waals surface area contributed by atoms with Gasteiger partial charge in [0.2, 0.25) is 0 Å². The Morgan fingerprint density at radius 2 is 1.85 bits per heavy atom. The van der Waals surface area contributed by atoms with Crippen molar-refractivity contribution in [1.29, 1.82) is 0 Å². The number of rotatable bonds is 7. The van der Waals surface area contributed by atoms with Gasteiger partial charge in [0.15, 0.2) is 0 Å². The van der Waals surface area contributed by atoms with E-state index in [2.05, 4.69) is 9.72 Å². The summed E-state index contributed by atoms with van der Waals surface area (Å²) in [5, 5.41) is 11.1. The number of para-hydroxylation sites is 1. The van der Waals surface area contributed by atoms with Crippen LogP contribution in [0.25, 0.3) is 0 Å². The van der Waals surface area contributed by atoms with Gasteiger partial charge >= 0.3 is 57.7 Å². The second-order valence-electron chi connectivity index (χ2n) is 4.80. The summed E-state index contributed by atoms with van der Waals surface area (Å²) in [7, 11) is 0. The Kier molecular flexibility index (Phi) is 9.28. The molecule has 0 aliphatic rings. The summed E-state index contributed by atoms with van der Waals surface area (Å²) in [6, 6.07) is 8.05. The van der Waals surface area contributed by atoms with Crippen LogP contribution in [0.4, 0.5) is 13.2 Å². The van der Waals surface area contributed by atoms with E-state index in [9.17, 15) is 27.9 Å². The smallest absolute Gasteiger partial charge is 0.545 e. The summed E-state index contributed by atoms with van der Waals surface area (Å²) in [5.74, 6) is -2.43. The summed E-state index contributed by atoms with van der Waals surface area (Å²) in [4.78, 5) is 26.9. The molecule has 1 aromatic heterocycles. The van der Waals surface area contributed by atoms with Gasteiger partial charge in [-0.05, 0) is 18.2 Å². The van der Waals surface area contributed by atoms with Crippen molar-refractivity contribution in [3.63, 3.8) is 0 Å². The number of carbonyl (C=O) groups is 2. The average molecular weight is 409 g/mol. The Morgan fingerprint density at radius 1 is 1.15 bits per heavy atom. The number of hydrogen-bond donors (Lipinski definition) is 0. The van der Waals surface area contributed by atoms with E-state index >= 15 is 0 Å². The number of carbonyl (C=O) groups excluding carboxylic acids is 2. The van der Waals surface area contributed by atoms with Crippen molar-refractivity contribution >= 4 is 23.5 Å². The maximum Gasteiger partial charge on any atom is 1.00 e. The molecule has 2 aromatic rings. The first-order chi connectivity index (χ1) is 11.8. The largest absolute Gasteiger partial charge is 1.00 e. The fraction of sp³-hybridized carbons (Fsp3) is 0.188. The van der Waals surface area contributed by atoms with Gasteiger partial charge in [0, 0.05) is 23.7 Å². The molecule has 0 aliphatic heterocycles. The minimum absolute atomic E-state index is 0. The van der Waals surface area contributed by atoms with Crippen molar-refractivity contribution in [2.45, 2.75) is 17.8 Å². The SMILES string of the molecule is O=C(CSc1ncccc1C(=O)[O-])Cc1ccccc1OC(F)(F)F.[K+]. The fourth-order valence-electron chi connectivity index (χ4n) is 1.95. The number of alkyl halides is 3. The molecule has 0 radical (unpaired) electrons. The van der Waals surface area contributed by atoms with Crippen LogP contribution in [-0.2, 0) is 11.2 Å². The van der Waals surface area contributed by atoms with Crippen LogP contribution in [-0.4, -0.2) is 28.9 Å². The summed E-state index contributed by atoms with van der Waals surface area (Å²) in [6.45, 7) is 0. The van der Waals surface area contributed by atoms with Crippen molar-refractivity contribution < 1.29 is 84.0 Å². The van der Waals surface area contributed by atoms with Crippen LogP contribution in [0, 0.1) is 0 Å². The minimum Gasteiger partial charge on any atom is -0.545 e. The van der Waals surface area contributed by atoms with E-state index in [1.54, 1.807) is 0 Å². The molecule has 5 nitrogen and oxygen atoms in total.